The Kier molecular flexibility index (Phi) is 18.9. The van der Waals surface area contributed by atoms with E-state index in [0.29, 0.717) is 0 Å². The van der Waals surface area contributed by atoms with E-state index in [1.807, 2.05) is 26.0 Å². The van der Waals surface area contributed by atoms with E-state index in [4.69, 9.17) is 27.1 Å². The van der Waals surface area contributed by atoms with E-state index >= 15 is 0 Å². The van der Waals surface area contributed by atoms with Gasteiger partial charge in [-0.25, -0.2) is 0 Å². The number of aryl methyl sites for hydroxylation is 12. The van der Waals surface area contributed by atoms with E-state index < -0.39 is 0 Å². The number of aromatic nitrogens is 2. The number of methoxy groups -OCH3 is 2. The molecule has 6 heterocycles. The molecule has 20 aromatic rings. The van der Waals surface area contributed by atoms with Gasteiger partial charge in [0.05, 0.1) is 36.3 Å². The van der Waals surface area contributed by atoms with Gasteiger partial charge in [0.25, 0.3) is 0 Å². The van der Waals surface area contributed by atoms with Crippen molar-refractivity contribution in [3.05, 3.63) is 334 Å². The number of hydrogen-bond donors (Lipinski definition) is 0. The van der Waals surface area contributed by atoms with Gasteiger partial charge in [-0.05, 0) is 260 Å². The molecule has 0 saturated heterocycles. The molecule has 8 heteroatoms. The van der Waals surface area contributed by atoms with Crippen molar-refractivity contribution in [2.24, 2.45) is 0 Å². The van der Waals surface area contributed by atoms with E-state index in [0.717, 1.165) is 88.8 Å². The third-order valence-corrected chi connectivity index (χ3v) is 20.5. The van der Waals surface area contributed by atoms with Crippen molar-refractivity contribution in [1.29, 1.82) is 0 Å². The number of para-hydroxylation sites is 4. The van der Waals surface area contributed by atoms with Crippen molar-refractivity contribution in [2.75, 3.05) is 14.2 Å². The van der Waals surface area contributed by atoms with Crippen molar-refractivity contribution in [2.45, 2.75) is 83.1 Å². The second kappa shape index (κ2) is 29.0. The summed E-state index contributed by atoms with van der Waals surface area (Å²) in [5, 5.41) is 14.6. The minimum absolute atomic E-state index is 0.906. The summed E-state index contributed by atoms with van der Waals surface area (Å²) >= 11 is 0. The molecule has 0 aliphatic carbocycles. The molecule has 0 N–H and O–H groups in total. The highest BCUT2D eigenvalue weighted by atomic mass is 16.5. The third kappa shape index (κ3) is 13.5. The maximum atomic E-state index is 5.91. The minimum atomic E-state index is 0.906. The fourth-order valence-corrected chi connectivity index (χ4v) is 14.5. The zero-order valence-corrected chi connectivity index (χ0v) is 62.7. The topological polar surface area (TPSA) is 80.9 Å². The zero-order valence-electron chi connectivity index (χ0n) is 62.7. The first-order valence-corrected chi connectivity index (χ1v) is 36.2. The third-order valence-electron chi connectivity index (χ3n) is 20.5. The monoisotopic (exact) mass is 1390 g/mol. The zero-order chi connectivity index (χ0) is 73.6. The Bertz CT molecular complexity index is 6060. The summed E-state index contributed by atoms with van der Waals surface area (Å²) in [5.41, 5.74) is 29.9. The largest absolute Gasteiger partial charge is 0.496 e. The second-order valence-corrected chi connectivity index (χ2v) is 28.3. The molecule has 0 spiro atoms. The van der Waals surface area contributed by atoms with Gasteiger partial charge in [-0.1, -0.05) is 157 Å². The molecule has 14 aromatic carbocycles. The van der Waals surface area contributed by atoms with Crippen LogP contribution in [-0.4, -0.2) is 23.4 Å². The van der Waals surface area contributed by atoms with E-state index in [1.54, 1.807) is 14.2 Å². The normalized spacial score (nSPS) is 11.3. The van der Waals surface area contributed by atoms with Crippen molar-refractivity contribution in [3.63, 3.8) is 0 Å². The van der Waals surface area contributed by atoms with Gasteiger partial charge in [-0.2, -0.15) is 0 Å². The summed E-state index contributed by atoms with van der Waals surface area (Å²) in [7, 11) is 3.40. The van der Waals surface area contributed by atoms with Crippen LogP contribution in [-0.2, 0) is 0 Å². The predicted octanol–water partition coefficient (Wildman–Crippen LogP) is 27.6. The summed E-state index contributed by atoms with van der Waals surface area (Å²) in [6.45, 7) is 25.1. The van der Waals surface area contributed by atoms with Crippen molar-refractivity contribution in [3.8, 4) is 22.9 Å². The van der Waals surface area contributed by atoms with Crippen molar-refractivity contribution < 1.29 is 27.1 Å². The Morgan fingerprint density at radius 2 is 0.425 bits per heavy atom. The van der Waals surface area contributed by atoms with Crippen LogP contribution in [0.1, 0.15) is 66.8 Å². The highest BCUT2D eigenvalue weighted by molar-refractivity contribution is 6.12. The number of benzene rings is 14. The Morgan fingerprint density at radius 1 is 0.198 bits per heavy atom. The lowest BCUT2D eigenvalue weighted by Gasteiger charge is -2.07. The molecule has 0 unspecified atom stereocenters. The minimum Gasteiger partial charge on any atom is -0.496 e. The maximum absolute atomic E-state index is 5.91. The molecule has 524 valence electrons. The highest BCUT2D eigenvalue weighted by Crippen LogP contribution is 2.39. The van der Waals surface area contributed by atoms with Crippen LogP contribution in [0, 0.1) is 83.1 Å². The molecule has 0 atom stereocenters. The van der Waals surface area contributed by atoms with Crippen LogP contribution in [0.4, 0.5) is 0 Å². The first-order chi connectivity index (χ1) is 51.4. The number of nitrogens with zero attached hydrogens (tertiary/aromatic N) is 2. The van der Waals surface area contributed by atoms with E-state index in [-0.39, 0.29) is 0 Å². The number of rotatable bonds is 4. The van der Waals surface area contributed by atoms with Gasteiger partial charge >= 0.3 is 0 Å². The van der Waals surface area contributed by atoms with Crippen LogP contribution >= 0.6 is 0 Å². The summed E-state index contributed by atoms with van der Waals surface area (Å²) in [5.74, 6) is 1.81. The molecule has 106 heavy (non-hydrogen) atoms. The number of fused-ring (bicyclic) bond motifs is 18. The van der Waals surface area contributed by atoms with Gasteiger partial charge in [-0.15, -0.1) is 0 Å². The van der Waals surface area contributed by atoms with Gasteiger partial charge in [0.15, 0.2) is 0 Å². The standard InChI is InChI=1S/2C19H15N.2C16H16O2.2C14H12O/c2*1-14-10-12-15(13-11-14)20-18-8-4-2-6-16(18)17-7-3-5-9-19(17)20;2*1-9-5-12-13-8-14(17-4)11(3)7-16(13)18-15(12)6-10(9)2;2*1-9-3-5-11-12-6-4-10(2)8-14(12)15-13(11)7-9/h2*2-13H,1H3;2*5-8H,1-4H3;2*3-8H,1-2H3. The van der Waals surface area contributed by atoms with Crippen LogP contribution in [0.25, 0.3) is 143 Å². The molecule has 0 aliphatic rings. The number of hydrogen-bond acceptors (Lipinski definition) is 6. The summed E-state index contributed by atoms with van der Waals surface area (Å²) < 4.78 is 38.9. The van der Waals surface area contributed by atoms with E-state index in [1.165, 1.54) is 132 Å². The molecule has 0 radical (unpaired) electrons. The molecule has 0 bridgehead atoms. The van der Waals surface area contributed by atoms with Crippen LogP contribution < -0.4 is 9.47 Å². The van der Waals surface area contributed by atoms with Gasteiger partial charge in [-0.3, -0.25) is 0 Å². The molecule has 0 aliphatic heterocycles. The predicted molar refractivity (Wildman–Crippen MR) is 446 cm³/mol. The fraction of sp³-hybridized carbons (Fsp3) is 0.143. The lowest BCUT2D eigenvalue weighted by atomic mass is 10.0. The molecular weight excluding hydrogens is 1300 g/mol. The van der Waals surface area contributed by atoms with E-state index in [2.05, 4.69) is 333 Å². The van der Waals surface area contributed by atoms with Gasteiger partial charge < -0.3 is 36.3 Å². The highest BCUT2D eigenvalue weighted by Gasteiger charge is 2.17. The Morgan fingerprint density at radius 3 is 0.698 bits per heavy atom. The van der Waals surface area contributed by atoms with Gasteiger partial charge in [0.1, 0.15) is 56.2 Å². The van der Waals surface area contributed by atoms with Crippen LogP contribution in [0.15, 0.2) is 285 Å². The Balaban J connectivity index is 0.000000102. The molecule has 0 amide bonds. The van der Waals surface area contributed by atoms with Gasteiger partial charge in [0, 0.05) is 76.0 Å². The quantitative estimate of drug-likeness (QED) is 0.175. The molecule has 20 rings (SSSR count). The lowest BCUT2D eigenvalue weighted by Crippen LogP contribution is -1.93. The van der Waals surface area contributed by atoms with E-state index in [9.17, 15) is 0 Å². The Hall–Kier alpha value is -12.5. The SMILES string of the molecule is COc1cc2c(cc1C)oc1cc(C)c(C)cc12.COc1cc2c(cc1C)oc1cc(C)c(C)cc12.Cc1ccc(-n2c3ccccc3c3ccccc32)cc1.Cc1ccc(-n2c3ccccc3c3ccccc32)cc1.Cc1ccc2c(c1)oc1cc(C)ccc12.Cc1ccc2c(c1)oc1cc(C)ccc12. The fourth-order valence-electron chi connectivity index (χ4n) is 14.5. The van der Waals surface area contributed by atoms with Crippen molar-refractivity contribution >= 4 is 131 Å². The average molecular weight is 1390 g/mol. The number of ether oxygens (including phenoxy) is 2. The first kappa shape index (κ1) is 69.2. The molecule has 0 saturated carbocycles. The Labute approximate surface area is 617 Å². The average Bonchev–Trinajstić information content (AvgIpc) is 1.61. The summed E-state index contributed by atoms with van der Waals surface area (Å²) in [6.07, 6.45) is 0. The molecule has 6 aromatic heterocycles. The lowest BCUT2D eigenvalue weighted by molar-refractivity contribution is 0.412. The van der Waals surface area contributed by atoms with Crippen molar-refractivity contribution in [1.82, 2.24) is 9.13 Å². The molecule has 0 fully saturated rings. The summed E-state index contributed by atoms with van der Waals surface area (Å²) in [4.78, 5) is 0. The first-order valence-electron chi connectivity index (χ1n) is 36.2. The van der Waals surface area contributed by atoms with Gasteiger partial charge in [0.2, 0.25) is 0 Å². The summed E-state index contributed by atoms with van der Waals surface area (Å²) in [6, 6.07) is 93.9. The number of furan rings is 4. The molecular formula is C98H86N2O6. The maximum Gasteiger partial charge on any atom is 0.135 e. The second-order valence-electron chi connectivity index (χ2n) is 28.3. The van der Waals surface area contributed by atoms with Crippen LogP contribution in [0.2, 0.25) is 0 Å². The molecule has 8 nitrogen and oxygen atoms in total. The van der Waals surface area contributed by atoms with Crippen LogP contribution in [0.5, 0.6) is 11.5 Å². The van der Waals surface area contributed by atoms with Crippen LogP contribution in [0.3, 0.4) is 0 Å². The smallest absolute Gasteiger partial charge is 0.135 e.